The third-order valence-corrected chi connectivity index (χ3v) is 4.35. The Kier molecular flexibility index (Phi) is 4.47. The number of fused-ring (bicyclic) bond motifs is 1. The van der Waals surface area contributed by atoms with E-state index in [2.05, 4.69) is 25.2 Å². The Bertz CT molecular complexity index is 517. The van der Waals surface area contributed by atoms with Crippen LogP contribution in [0.5, 0.6) is 0 Å². The summed E-state index contributed by atoms with van der Waals surface area (Å²) < 4.78 is 5.80. The van der Waals surface area contributed by atoms with Gasteiger partial charge < -0.3 is 15.5 Å². The van der Waals surface area contributed by atoms with Crippen LogP contribution < -0.4 is 11.1 Å². The molecular formula is C17H28N2O2. The van der Waals surface area contributed by atoms with E-state index >= 15 is 0 Å². The van der Waals surface area contributed by atoms with Crippen LogP contribution in [-0.2, 0) is 11.2 Å². The molecule has 21 heavy (non-hydrogen) atoms. The first-order chi connectivity index (χ1) is 9.68. The van der Waals surface area contributed by atoms with Crippen molar-refractivity contribution < 1.29 is 9.21 Å². The van der Waals surface area contributed by atoms with E-state index in [1.807, 2.05) is 20.8 Å². The summed E-state index contributed by atoms with van der Waals surface area (Å²) in [5, 5.41) is 3.15. The predicted octanol–water partition coefficient (Wildman–Crippen LogP) is 3.09. The zero-order valence-electron chi connectivity index (χ0n) is 13.8. The molecule has 1 aromatic heterocycles. The molecule has 0 spiro atoms. The van der Waals surface area contributed by atoms with E-state index in [0.717, 1.165) is 29.9 Å². The minimum absolute atomic E-state index is 0.0312. The van der Waals surface area contributed by atoms with Gasteiger partial charge in [-0.1, -0.05) is 27.7 Å². The fourth-order valence-corrected chi connectivity index (χ4v) is 3.02. The largest absolute Gasteiger partial charge is 0.466 e. The molecule has 1 aliphatic rings. The van der Waals surface area contributed by atoms with E-state index in [9.17, 15) is 4.79 Å². The second-order valence-electron chi connectivity index (χ2n) is 7.51. The van der Waals surface area contributed by atoms with Crippen LogP contribution in [0.1, 0.15) is 63.7 Å². The van der Waals surface area contributed by atoms with E-state index in [1.54, 1.807) is 0 Å². The number of furan rings is 1. The van der Waals surface area contributed by atoms with Gasteiger partial charge in [0.15, 0.2) is 0 Å². The third kappa shape index (κ3) is 3.88. The van der Waals surface area contributed by atoms with E-state index < -0.39 is 0 Å². The minimum atomic E-state index is -0.0906. The smallest absolute Gasteiger partial charge is 0.222 e. The Labute approximate surface area is 127 Å². The van der Waals surface area contributed by atoms with Crippen molar-refractivity contribution in [3.63, 3.8) is 0 Å². The van der Waals surface area contributed by atoms with Gasteiger partial charge in [-0.25, -0.2) is 0 Å². The van der Waals surface area contributed by atoms with E-state index in [-0.39, 0.29) is 23.4 Å². The van der Waals surface area contributed by atoms with Crippen LogP contribution in [0.15, 0.2) is 10.5 Å². The molecule has 1 aromatic rings. The van der Waals surface area contributed by atoms with Crippen molar-refractivity contribution in [1.29, 1.82) is 0 Å². The zero-order valence-corrected chi connectivity index (χ0v) is 13.8. The first-order valence-electron chi connectivity index (χ1n) is 7.82. The van der Waals surface area contributed by atoms with Crippen LogP contribution in [-0.4, -0.2) is 11.9 Å². The summed E-state index contributed by atoms with van der Waals surface area (Å²) in [7, 11) is 0. The van der Waals surface area contributed by atoms with Gasteiger partial charge >= 0.3 is 0 Å². The fourth-order valence-electron chi connectivity index (χ4n) is 3.02. The van der Waals surface area contributed by atoms with E-state index in [1.165, 1.54) is 0 Å². The van der Waals surface area contributed by atoms with Crippen molar-refractivity contribution in [2.24, 2.45) is 17.1 Å². The van der Waals surface area contributed by atoms with Gasteiger partial charge in [0.2, 0.25) is 5.91 Å². The monoisotopic (exact) mass is 292 g/mol. The van der Waals surface area contributed by atoms with E-state index in [4.69, 9.17) is 10.2 Å². The lowest BCUT2D eigenvalue weighted by Gasteiger charge is -2.35. The SMILES string of the molecule is Cc1cc2c(o1)CC(C)(C)CC2NC(=O)CC(N)C(C)C. The Morgan fingerprint density at radius 2 is 2.19 bits per heavy atom. The van der Waals surface area contributed by atoms with Crippen molar-refractivity contribution in [3.05, 3.63) is 23.2 Å². The highest BCUT2D eigenvalue weighted by Crippen LogP contribution is 2.42. The predicted molar refractivity (Wildman–Crippen MR) is 83.9 cm³/mol. The Hall–Kier alpha value is -1.29. The van der Waals surface area contributed by atoms with Crippen molar-refractivity contribution in [1.82, 2.24) is 5.32 Å². The summed E-state index contributed by atoms with van der Waals surface area (Å²) in [4.78, 5) is 12.2. The molecule has 0 aromatic carbocycles. The highest BCUT2D eigenvalue weighted by Gasteiger charge is 2.35. The van der Waals surface area contributed by atoms with Crippen molar-refractivity contribution in [2.75, 3.05) is 0 Å². The van der Waals surface area contributed by atoms with Gasteiger partial charge in [-0.05, 0) is 30.7 Å². The molecule has 0 fully saturated rings. The number of carbonyl (C=O) groups excluding carboxylic acids is 1. The summed E-state index contributed by atoms with van der Waals surface area (Å²) in [6, 6.07) is 2.00. The maximum absolute atomic E-state index is 12.2. The summed E-state index contributed by atoms with van der Waals surface area (Å²) in [6.45, 7) is 10.5. The second kappa shape index (κ2) is 5.84. The Morgan fingerprint density at radius 3 is 2.81 bits per heavy atom. The van der Waals surface area contributed by atoms with Crippen molar-refractivity contribution >= 4 is 5.91 Å². The maximum Gasteiger partial charge on any atom is 0.222 e. The van der Waals surface area contributed by atoms with Crippen LogP contribution in [0.4, 0.5) is 0 Å². The summed E-state index contributed by atoms with van der Waals surface area (Å²) in [5.41, 5.74) is 7.27. The molecule has 0 aliphatic heterocycles. The molecule has 2 rings (SSSR count). The van der Waals surface area contributed by atoms with Gasteiger partial charge in [0, 0.05) is 24.4 Å². The molecule has 1 amide bonds. The maximum atomic E-state index is 12.2. The average Bonchev–Trinajstić information content (AvgIpc) is 2.67. The highest BCUT2D eigenvalue weighted by molar-refractivity contribution is 5.77. The Balaban J connectivity index is 2.10. The second-order valence-corrected chi connectivity index (χ2v) is 7.51. The highest BCUT2D eigenvalue weighted by atomic mass is 16.3. The number of hydrogen-bond acceptors (Lipinski definition) is 3. The van der Waals surface area contributed by atoms with Crippen LogP contribution >= 0.6 is 0 Å². The number of aryl methyl sites for hydroxylation is 1. The molecule has 0 saturated carbocycles. The summed E-state index contributed by atoms with van der Waals surface area (Å²) in [5.74, 6) is 2.27. The number of carbonyl (C=O) groups is 1. The number of amides is 1. The van der Waals surface area contributed by atoms with E-state index in [0.29, 0.717) is 12.3 Å². The number of nitrogens with one attached hydrogen (secondary N) is 1. The lowest BCUT2D eigenvalue weighted by atomic mass is 9.74. The van der Waals surface area contributed by atoms with Gasteiger partial charge in [-0.2, -0.15) is 0 Å². The molecule has 0 saturated heterocycles. The van der Waals surface area contributed by atoms with Gasteiger partial charge in [-0.15, -0.1) is 0 Å². The van der Waals surface area contributed by atoms with Crippen LogP contribution in [0.2, 0.25) is 0 Å². The molecule has 2 unspecified atom stereocenters. The number of nitrogens with two attached hydrogens (primary N) is 1. The molecule has 1 heterocycles. The first-order valence-corrected chi connectivity index (χ1v) is 7.82. The molecule has 0 radical (unpaired) electrons. The zero-order chi connectivity index (χ0) is 15.8. The molecule has 118 valence electrons. The topological polar surface area (TPSA) is 68.3 Å². The number of rotatable bonds is 4. The van der Waals surface area contributed by atoms with Crippen molar-refractivity contribution in [2.45, 2.75) is 66.0 Å². The third-order valence-electron chi connectivity index (χ3n) is 4.35. The van der Waals surface area contributed by atoms with Crippen molar-refractivity contribution in [3.8, 4) is 0 Å². The minimum Gasteiger partial charge on any atom is -0.466 e. The molecular weight excluding hydrogens is 264 g/mol. The Morgan fingerprint density at radius 1 is 1.52 bits per heavy atom. The van der Waals surface area contributed by atoms with Gasteiger partial charge in [-0.3, -0.25) is 4.79 Å². The average molecular weight is 292 g/mol. The molecule has 1 aliphatic carbocycles. The standard InChI is InChI=1S/C17H28N2O2/c1-10(2)13(18)7-16(20)19-14-8-17(4,5)9-15-12(14)6-11(3)21-15/h6,10,13-14H,7-9,18H2,1-5H3,(H,19,20). The van der Waals surface area contributed by atoms with Gasteiger partial charge in [0.1, 0.15) is 11.5 Å². The van der Waals surface area contributed by atoms with Crippen LogP contribution in [0.25, 0.3) is 0 Å². The van der Waals surface area contributed by atoms with Gasteiger partial charge in [0.05, 0.1) is 6.04 Å². The lowest BCUT2D eigenvalue weighted by Crippen LogP contribution is -2.39. The lowest BCUT2D eigenvalue weighted by molar-refractivity contribution is -0.122. The number of hydrogen-bond donors (Lipinski definition) is 2. The summed E-state index contributed by atoms with van der Waals surface area (Å²) >= 11 is 0. The molecule has 0 bridgehead atoms. The normalized spacial score (nSPS) is 22.0. The molecule has 2 atom stereocenters. The van der Waals surface area contributed by atoms with Crippen LogP contribution in [0, 0.1) is 18.3 Å². The quantitative estimate of drug-likeness (QED) is 0.896. The summed E-state index contributed by atoms with van der Waals surface area (Å²) in [6.07, 6.45) is 2.23. The van der Waals surface area contributed by atoms with Crippen LogP contribution in [0.3, 0.4) is 0 Å². The fraction of sp³-hybridized carbons (Fsp3) is 0.706. The molecule has 3 N–H and O–H groups in total. The first kappa shape index (κ1) is 16.1. The van der Waals surface area contributed by atoms with Gasteiger partial charge in [0.25, 0.3) is 0 Å². The molecule has 4 nitrogen and oxygen atoms in total. The molecule has 4 heteroatoms.